The number of thiophene rings is 1. The molecule has 1 N–H and O–H groups in total. The average molecular weight is 273 g/mol. The number of hydrogen-bond donors (Lipinski definition) is 1. The van der Waals surface area contributed by atoms with Crippen molar-refractivity contribution in [1.82, 2.24) is 4.98 Å². The van der Waals surface area contributed by atoms with Crippen LogP contribution in [0.1, 0.15) is 15.4 Å². The lowest BCUT2D eigenvalue weighted by Crippen LogP contribution is -2.03. The Morgan fingerprint density at radius 2 is 2.12 bits per heavy atom. The molecule has 2 aromatic heterocycles. The highest BCUT2D eigenvalue weighted by atomic mass is 35.5. The molecule has 0 aliphatic rings. The topological polar surface area (TPSA) is 24.9 Å². The van der Waals surface area contributed by atoms with Gasteiger partial charge in [-0.25, -0.2) is 4.98 Å². The summed E-state index contributed by atoms with van der Waals surface area (Å²) < 4.78 is 0.857. The number of halogens is 1. The molecule has 0 saturated heterocycles. The highest BCUT2D eigenvalue weighted by Crippen LogP contribution is 2.23. The first-order valence-corrected chi connectivity index (χ1v) is 7.08. The van der Waals surface area contributed by atoms with E-state index in [2.05, 4.69) is 23.3 Å². The van der Waals surface area contributed by atoms with Gasteiger partial charge in [0.05, 0.1) is 10.0 Å². The van der Waals surface area contributed by atoms with E-state index in [1.807, 2.05) is 13.0 Å². The van der Waals surface area contributed by atoms with E-state index in [0.717, 1.165) is 28.1 Å². The van der Waals surface area contributed by atoms with Gasteiger partial charge in [0, 0.05) is 16.3 Å². The van der Waals surface area contributed by atoms with Gasteiger partial charge in [-0.2, -0.15) is 0 Å². The van der Waals surface area contributed by atoms with E-state index in [9.17, 15) is 0 Å². The number of aryl methyl sites for hydroxylation is 2. The fraction of sp³-hybridized carbons (Fsp3) is 0.364. The van der Waals surface area contributed by atoms with Crippen LogP contribution in [0.15, 0.2) is 12.1 Å². The molecule has 0 radical (unpaired) electrons. The van der Waals surface area contributed by atoms with Crippen molar-refractivity contribution in [2.24, 2.45) is 0 Å². The number of rotatable bonds is 4. The van der Waals surface area contributed by atoms with Gasteiger partial charge < -0.3 is 5.32 Å². The van der Waals surface area contributed by atoms with Crippen molar-refractivity contribution >= 4 is 39.4 Å². The summed E-state index contributed by atoms with van der Waals surface area (Å²) in [4.78, 5) is 7.02. The first kappa shape index (κ1) is 11.9. The second-order valence-corrected chi connectivity index (χ2v) is 6.55. The Hall–Kier alpha value is -0.580. The molecular weight excluding hydrogens is 260 g/mol. The normalized spacial score (nSPS) is 10.7. The Morgan fingerprint density at radius 3 is 2.69 bits per heavy atom. The van der Waals surface area contributed by atoms with Crippen LogP contribution < -0.4 is 5.32 Å². The summed E-state index contributed by atoms with van der Waals surface area (Å²) in [6, 6.07) is 4.02. The fourth-order valence-electron chi connectivity index (χ4n) is 1.33. The molecule has 86 valence electrons. The Bertz CT molecular complexity index is 457. The second kappa shape index (κ2) is 5.17. The number of hydrogen-bond acceptors (Lipinski definition) is 4. The molecule has 2 heterocycles. The van der Waals surface area contributed by atoms with Gasteiger partial charge in [0.15, 0.2) is 5.13 Å². The zero-order valence-electron chi connectivity index (χ0n) is 9.21. The Labute approximate surface area is 108 Å². The van der Waals surface area contributed by atoms with Crippen molar-refractivity contribution in [1.29, 1.82) is 0 Å². The lowest BCUT2D eigenvalue weighted by molar-refractivity contribution is 1.03. The molecule has 0 aliphatic carbocycles. The minimum absolute atomic E-state index is 0.857. The molecule has 0 bridgehead atoms. The highest BCUT2D eigenvalue weighted by molar-refractivity contribution is 7.16. The predicted molar refractivity (Wildman–Crippen MR) is 73.1 cm³/mol. The van der Waals surface area contributed by atoms with Crippen LogP contribution in [0.4, 0.5) is 5.13 Å². The summed E-state index contributed by atoms with van der Waals surface area (Å²) in [5, 5.41) is 4.35. The quantitative estimate of drug-likeness (QED) is 0.905. The maximum absolute atomic E-state index is 5.87. The standard InChI is InChI=1S/C11H13ClN2S2/c1-7-8(2)15-11(14-7)13-6-5-9-3-4-10(12)16-9/h3-4H,5-6H2,1-2H3,(H,13,14). The highest BCUT2D eigenvalue weighted by Gasteiger charge is 2.03. The van der Waals surface area contributed by atoms with Gasteiger partial charge in [-0.05, 0) is 32.4 Å². The summed E-state index contributed by atoms with van der Waals surface area (Å²) in [7, 11) is 0. The average Bonchev–Trinajstić information content (AvgIpc) is 2.75. The molecule has 0 aliphatic heterocycles. The van der Waals surface area contributed by atoms with Gasteiger partial charge in [-0.1, -0.05) is 11.6 Å². The van der Waals surface area contributed by atoms with Crippen LogP contribution in [-0.4, -0.2) is 11.5 Å². The van der Waals surface area contributed by atoms with Crippen LogP contribution >= 0.6 is 34.3 Å². The maximum Gasteiger partial charge on any atom is 0.183 e. The van der Waals surface area contributed by atoms with Crippen molar-refractivity contribution in [2.75, 3.05) is 11.9 Å². The van der Waals surface area contributed by atoms with E-state index in [4.69, 9.17) is 11.6 Å². The number of aromatic nitrogens is 1. The van der Waals surface area contributed by atoms with E-state index in [1.54, 1.807) is 22.7 Å². The maximum atomic E-state index is 5.87. The molecule has 0 amide bonds. The molecule has 0 atom stereocenters. The monoisotopic (exact) mass is 272 g/mol. The van der Waals surface area contributed by atoms with Gasteiger partial charge in [-0.15, -0.1) is 22.7 Å². The molecule has 5 heteroatoms. The van der Waals surface area contributed by atoms with E-state index in [1.165, 1.54) is 9.75 Å². The molecule has 0 fully saturated rings. The van der Waals surface area contributed by atoms with Crippen molar-refractivity contribution in [3.8, 4) is 0 Å². The summed E-state index contributed by atoms with van der Waals surface area (Å²) in [6.07, 6.45) is 0.995. The van der Waals surface area contributed by atoms with E-state index in [-0.39, 0.29) is 0 Å². The molecule has 2 nitrogen and oxygen atoms in total. The van der Waals surface area contributed by atoms with Crippen molar-refractivity contribution in [2.45, 2.75) is 20.3 Å². The van der Waals surface area contributed by atoms with Crippen LogP contribution in [0.5, 0.6) is 0 Å². The summed E-state index contributed by atoms with van der Waals surface area (Å²) >= 11 is 9.22. The van der Waals surface area contributed by atoms with Crippen LogP contribution in [-0.2, 0) is 6.42 Å². The summed E-state index contributed by atoms with van der Waals surface area (Å²) in [5.41, 5.74) is 1.12. The predicted octanol–water partition coefficient (Wildman–Crippen LogP) is 4.13. The van der Waals surface area contributed by atoms with Crippen molar-refractivity contribution in [3.63, 3.8) is 0 Å². The Morgan fingerprint density at radius 1 is 1.31 bits per heavy atom. The van der Waals surface area contributed by atoms with Crippen LogP contribution in [0.3, 0.4) is 0 Å². The van der Waals surface area contributed by atoms with Gasteiger partial charge in [-0.3, -0.25) is 0 Å². The third-order valence-corrected chi connectivity index (χ3v) is 4.63. The third kappa shape index (κ3) is 2.97. The number of nitrogens with one attached hydrogen (secondary N) is 1. The Kier molecular flexibility index (Phi) is 3.84. The molecule has 0 unspecified atom stereocenters. The minimum atomic E-state index is 0.857. The first-order chi connectivity index (χ1) is 7.65. The van der Waals surface area contributed by atoms with Gasteiger partial charge in [0.1, 0.15) is 0 Å². The van der Waals surface area contributed by atoms with Gasteiger partial charge in [0.2, 0.25) is 0 Å². The largest absolute Gasteiger partial charge is 0.361 e. The summed E-state index contributed by atoms with van der Waals surface area (Å²) in [5.74, 6) is 0. The second-order valence-electron chi connectivity index (χ2n) is 3.54. The lowest BCUT2D eigenvalue weighted by atomic mass is 10.3. The zero-order valence-corrected chi connectivity index (χ0v) is 11.6. The van der Waals surface area contributed by atoms with Crippen LogP contribution in [0, 0.1) is 13.8 Å². The van der Waals surface area contributed by atoms with E-state index >= 15 is 0 Å². The number of thiazole rings is 1. The molecule has 0 spiro atoms. The fourth-order valence-corrected chi connectivity index (χ4v) is 3.25. The number of anilines is 1. The molecule has 16 heavy (non-hydrogen) atoms. The van der Waals surface area contributed by atoms with Crippen LogP contribution in [0.2, 0.25) is 4.34 Å². The Balaban J connectivity index is 1.84. The molecule has 2 aromatic rings. The van der Waals surface area contributed by atoms with E-state index in [0.29, 0.717) is 0 Å². The van der Waals surface area contributed by atoms with Gasteiger partial charge in [0.25, 0.3) is 0 Å². The SMILES string of the molecule is Cc1nc(NCCc2ccc(Cl)s2)sc1C. The molecule has 2 rings (SSSR count). The molecule has 0 aromatic carbocycles. The smallest absolute Gasteiger partial charge is 0.183 e. The zero-order chi connectivity index (χ0) is 11.5. The van der Waals surface area contributed by atoms with Crippen LogP contribution in [0.25, 0.3) is 0 Å². The summed E-state index contributed by atoms with van der Waals surface area (Å²) in [6.45, 7) is 5.04. The molecule has 0 saturated carbocycles. The van der Waals surface area contributed by atoms with Crippen molar-refractivity contribution < 1.29 is 0 Å². The van der Waals surface area contributed by atoms with E-state index < -0.39 is 0 Å². The first-order valence-electron chi connectivity index (χ1n) is 5.07. The third-order valence-electron chi connectivity index (χ3n) is 2.31. The lowest BCUT2D eigenvalue weighted by Gasteiger charge is -1.99. The molecular formula is C11H13ClN2S2. The van der Waals surface area contributed by atoms with Gasteiger partial charge >= 0.3 is 0 Å². The minimum Gasteiger partial charge on any atom is -0.361 e. The number of nitrogens with zero attached hydrogens (tertiary/aromatic N) is 1. The van der Waals surface area contributed by atoms with Crippen molar-refractivity contribution in [3.05, 3.63) is 31.9 Å².